The summed E-state index contributed by atoms with van der Waals surface area (Å²) in [5, 5.41) is 10.2. The van der Waals surface area contributed by atoms with Gasteiger partial charge in [-0.1, -0.05) is 50.5 Å². The Morgan fingerprint density at radius 2 is 1.90 bits per heavy atom. The van der Waals surface area contributed by atoms with Gasteiger partial charge in [-0.25, -0.2) is 0 Å². The number of carboxylic acid groups (broad SMARTS) is 1. The third kappa shape index (κ3) is 9.94. The highest BCUT2D eigenvalue weighted by molar-refractivity contribution is 5.64. The standard InChI is InChI=1S/C18H28O3/c1-2-3-10-13-16-17(21-16)14-11-8-6-4-5-7-9-12-15-18(19)20/h3,8,10-11,14,16H,2,4-7,9,12-13,15H2,1H3,(H,19,20)/p-1/b10-3+,11-8-,17-14+/t16-/m0/s1. The monoisotopic (exact) mass is 291 g/mol. The van der Waals surface area contributed by atoms with E-state index in [4.69, 9.17) is 4.74 Å². The van der Waals surface area contributed by atoms with E-state index in [-0.39, 0.29) is 6.42 Å². The van der Waals surface area contributed by atoms with Gasteiger partial charge in [0.1, 0.15) is 5.76 Å². The third-order valence-corrected chi connectivity index (χ3v) is 3.44. The number of allylic oxidation sites excluding steroid dienone is 4. The molecule has 1 rings (SSSR count). The van der Waals surface area contributed by atoms with Crippen molar-refractivity contribution in [2.45, 2.75) is 70.8 Å². The van der Waals surface area contributed by atoms with Crippen LogP contribution in [0.2, 0.25) is 0 Å². The first-order valence-corrected chi connectivity index (χ1v) is 8.12. The minimum atomic E-state index is -0.934. The van der Waals surface area contributed by atoms with E-state index in [0.717, 1.165) is 57.1 Å². The Labute approximate surface area is 128 Å². The van der Waals surface area contributed by atoms with E-state index in [9.17, 15) is 9.90 Å². The molecule has 1 atom stereocenters. The van der Waals surface area contributed by atoms with Crippen molar-refractivity contribution in [3.8, 4) is 0 Å². The Kier molecular flexibility index (Phi) is 9.34. The molecule has 0 aromatic rings. The molecule has 0 saturated carbocycles. The van der Waals surface area contributed by atoms with E-state index >= 15 is 0 Å². The van der Waals surface area contributed by atoms with Crippen molar-refractivity contribution in [3.05, 3.63) is 36.1 Å². The normalized spacial score (nSPS) is 19.5. The van der Waals surface area contributed by atoms with Crippen LogP contribution >= 0.6 is 0 Å². The molecule has 1 aliphatic heterocycles. The number of aliphatic carboxylic acids is 1. The van der Waals surface area contributed by atoms with Crippen LogP contribution in [-0.4, -0.2) is 12.1 Å². The number of carboxylic acids is 1. The number of carbonyl (C=O) groups is 1. The van der Waals surface area contributed by atoms with Crippen LogP contribution in [0.3, 0.4) is 0 Å². The average molecular weight is 291 g/mol. The minimum absolute atomic E-state index is 0.197. The number of epoxide rings is 1. The van der Waals surface area contributed by atoms with Crippen LogP contribution in [0, 0.1) is 0 Å². The van der Waals surface area contributed by atoms with Crippen LogP contribution in [0.5, 0.6) is 0 Å². The van der Waals surface area contributed by atoms with Crippen LogP contribution in [0.15, 0.2) is 36.1 Å². The summed E-state index contributed by atoms with van der Waals surface area (Å²) in [6, 6.07) is 0. The molecule has 0 amide bonds. The molecular formula is C18H27O3-. The first kappa shape index (κ1) is 17.5. The molecule has 1 heterocycles. The van der Waals surface area contributed by atoms with Gasteiger partial charge in [0, 0.05) is 12.4 Å². The van der Waals surface area contributed by atoms with Crippen molar-refractivity contribution in [2.75, 3.05) is 0 Å². The van der Waals surface area contributed by atoms with Crippen LogP contribution in [0.4, 0.5) is 0 Å². The van der Waals surface area contributed by atoms with Gasteiger partial charge in [0.15, 0.2) is 6.10 Å². The SMILES string of the molecule is CC/C=C/C[C@@H]1O/C1=C/C=C\CCCCCCCC(=O)[O-]. The molecule has 0 spiro atoms. The van der Waals surface area contributed by atoms with Crippen LogP contribution < -0.4 is 5.11 Å². The van der Waals surface area contributed by atoms with Crippen molar-refractivity contribution >= 4 is 5.97 Å². The molecule has 118 valence electrons. The number of rotatable bonds is 12. The van der Waals surface area contributed by atoms with Crippen LogP contribution in [-0.2, 0) is 9.53 Å². The Bertz CT molecular complexity index is 380. The van der Waals surface area contributed by atoms with Crippen molar-refractivity contribution in [3.63, 3.8) is 0 Å². The second-order valence-corrected chi connectivity index (χ2v) is 5.40. The molecule has 1 saturated heterocycles. The summed E-state index contributed by atoms with van der Waals surface area (Å²) in [7, 11) is 0. The van der Waals surface area contributed by atoms with E-state index in [0.29, 0.717) is 6.10 Å². The summed E-state index contributed by atoms with van der Waals surface area (Å²) >= 11 is 0. The highest BCUT2D eigenvalue weighted by Gasteiger charge is 2.29. The lowest BCUT2D eigenvalue weighted by Crippen LogP contribution is -2.21. The number of hydrogen-bond acceptors (Lipinski definition) is 3. The highest BCUT2D eigenvalue weighted by Crippen LogP contribution is 2.30. The molecule has 0 bridgehead atoms. The first-order chi connectivity index (χ1) is 10.2. The van der Waals surface area contributed by atoms with Gasteiger partial charge >= 0.3 is 0 Å². The quantitative estimate of drug-likeness (QED) is 0.313. The van der Waals surface area contributed by atoms with E-state index in [2.05, 4.69) is 37.3 Å². The lowest BCUT2D eigenvalue weighted by atomic mass is 10.1. The molecule has 0 aromatic heterocycles. The molecule has 1 aliphatic rings. The van der Waals surface area contributed by atoms with Gasteiger partial charge in [-0.15, -0.1) is 0 Å². The van der Waals surface area contributed by atoms with Gasteiger partial charge in [0.2, 0.25) is 0 Å². The van der Waals surface area contributed by atoms with E-state index in [1.807, 2.05) is 0 Å². The molecule has 3 nitrogen and oxygen atoms in total. The van der Waals surface area contributed by atoms with E-state index in [1.54, 1.807) is 0 Å². The van der Waals surface area contributed by atoms with E-state index in [1.165, 1.54) is 0 Å². The fourth-order valence-electron chi connectivity index (χ4n) is 2.15. The zero-order chi connectivity index (χ0) is 15.3. The van der Waals surface area contributed by atoms with Gasteiger partial charge in [-0.3, -0.25) is 0 Å². The number of ether oxygens (including phenoxy) is 1. The highest BCUT2D eigenvalue weighted by atomic mass is 16.6. The van der Waals surface area contributed by atoms with Crippen LogP contribution in [0.25, 0.3) is 0 Å². The minimum Gasteiger partial charge on any atom is -0.550 e. The van der Waals surface area contributed by atoms with Gasteiger partial charge < -0.3 is 14.6 Å². The Morgan fingerprint density at radius 1 is 1.14 bits per heavy atom. The molecule has 0 radical (unpaired) electrons. The number of hydrogen-bond donors (Lipinski definition) is 0. The predicted molar refractivity (Wildman–Crippen MR) is 83.5 cm³/mol. The predicted octanol–water partition coefficient (Wildman–Crippen LogP) is 3.66. The van der Waals surface area contributed by atoms with Crippen molar-refractivity contribution in [1.29, 1.82) is 0 Å². The summed E-state index contributed by atoms with van der Waals surface area (Å²) in [6.07, 6.45) is 19.5. The Hall–Kier alpha value is -1.51. The third-order valence-electron chi connectivity index (χ3n) is 3.44. The fourth-order valence-corrected chi connectivity index (χ4v) is 2.15. The lowest BCUT2D eigenvalue weighted by Gasteiger charge is -2.01. The van der Waals surface area contributed by atoms with Crippen LogP contribution in [0.1, 0.15) is 64.7 Å². The topological polar surface area (TPSA) is 52.7 Å². The summed E-state index contributed by atoms with van der Waals surface area (Å²) in [5.41, 5.74) is 0. The maximum Gasteiger partial charge on any atom is 0.159 e. The molecule has 0 N–H and O–H groups in total. The second-order valence-electron chi connectivity index (χ2n) is 5.40. The van der Waals surface area contributed by atoms with E-state index < -0.39 is 5.97 Å². The fraction of sp³-hybridized carbons (Fsp3) is 0.611. The lowest BCUT2D eigenvalue weighted by molar-refractivity contribution is -0.305. The summed E-state index contributed by atoms with van der Waals surface area (Å²) < 4.78 is 5.46. The van der Waals surface area contributed by atoms with Crippen molar-refractivity contribution in [1.82, 2.24) is 0 Å². The summed E-state index contributed by atoms with van der Waals surface area (Å²) in [4.78, 5) is 10.2. The molecule has 0 unspecified atom stereocenters. The largest absolute Gasteiger partial charge is 0.550 e. The maximum absolute atomic E-state index is 10.2. The maximum atomic E-state index is 10.2. The first-order valence-electron chi connectivity index (χ1n) is 8.12. The Morgan fingerprint density at radius 3 is 2.67 bits per heavy atom. The molecule has 0 aliphatic carbocycles. The van der Waals surface area contributed by atoms with Gasteiger partial charge in [0.05, 0.1) is 0 Å². The van der Waals surface area contributed by atoms with Gasteiger partial charge in [-0.2, -0.15) is 0 Å². The zero-order valence-corrected chi connectivity index (χ0v) is 13.1. The second kappa shape index (κ2) is 11.2. The molecule has 3 heteroatoms. The number of carbonyl (C=O) groups excluding carboxylic acids is 1. The van der Waals surface area contributed by atoms with Gasteiger partial charge in [0.25, 0.3) is 0 Å². The average Bonchev–Trinajstić information content (AvgIpc) is 3.19. The molecule has 0 aromatic carbocycles. The molecular weight excluding hydrogens is 264 g/mol. The number of unbranched alkanes of at least 4 members (excludes halogenated alkanes) is 5. The smallest absolute Gasteiger partial charge is 0.159 e. The Balaban J connectivity index is 1.92. The zero-order valence-electron chi connectivity index (χ0n) is 13.1. The molecule has 1 fully saturated rings. The summed E-state index contributed by atoms with van der Waals surface area (Å²) in [5.74, 6) is 0.158. The summed E-state index contributed by atoms with van der Waals surface area (Å²) in [6.45, 7) is 2.13. The van der Waals surface area contributed by atoms with Crippen molar-refractivity contribution in [2.24, 2.45) is 0 Å². The van der Waals surface area contributed by atoms with Crippen molar-refractivity contribution < 1.29 is 14.6 Å². The molecule has 21 heavy (non-hydrogen) atoms. The van der Waals surface area contributed by atoms with Gasteiger partial charge in [-0.05, 0) is 38.2 Å².